The molecule has 0 unspecified atom stereocenters. The standard InChI is InChI=1S/C28H26N6O/c1-2-6-24(7-3-1)35-25-10-8-23(9-11-25)26-19-28(34-27(31-26)12-14-30-34)33-17-15-32(16-18-33)21-22-5-4-13-29-20-22/h1-14,19-20H,15-18,21H2. The van der Waals surface area contributed by atoms with Gasteiger partial charge in [-0.3, -0.25) is 9.88 Å². The normalized spacial score (nSPS) is 14.3. The molecule has 0 saturated carbocycles. The first-order valence-corrected chi connectivity index (χ1v) is 11.9. The van der Waals surface area contributed by atoms with E-state index in [1.165, 1.54) is 5.56 Å². The van der Waals surface area contributed by atoms with E-state index in [1.807, 2.05) is 77.7 Å². The van der Waals surface area contributed by atoms with E-state index in [4.69, 9.17) is 9.72 Å². The molecule has 0 N–H and O–H groups in total. The second-order valence-electron chi connectivity index (χ2n) is 8.66. The van der Waals surface area contributed by atoms with Gasteiger partial charge >= 0.3 is 0 Å². The molecule has 0 aliphatic carbocycles. The summed E-state index contributed by atoms with van der Waals surface area (Å²) >= 11 is 0. The number of aromatic nitrogens is 4. The second-order valence-corrected chi connectivity index (χ2v) is 8.66. The number of ether oxygens (including phenoxy) is 1. The van der Waals surface area contributed by atoms with Crippen molar-refractivity contribution in [1.29, 1.82) is 0 Å². The van der Waals surface area contributed by atoms with Gasteiger partial charge in [-0.05, 0) is 48.0 Å². The SMILES string of the molecule is c1ccc(Oc2ccc(-c3cc(N4CCN(Cc5cccnc5)CC4)n4nccc4n3)cc2)cc1. The van der Waals surface area contributed by atoms with Gasteiger partial charge in [-0.15, -0.1) is 0 Å². The Morgan fingerprint density at radius 2 is 1.57 bits per heavy atom. The van der Waals surface area contributed by atoms with Gasteiger partial charge < -0.3 is 9.64 Å². The maximum Gasteiger partial charge on any atom is 0.157 e. The molecule has 0 bridgehead atoms. The summed E-state index contributed by atoms with van der Waals surface area (Å²) in [6.45, 7) is 4.77. The van der Waals surface area contributed by atoms with Crippen LogP contribution < -0.4 is 9.64 Å². The summed E-state index contributed by atoms with van der Waals surface area (Å²) in [5.74, 6) is 2.69. The van der Waals surface area contributed by atoms with Crippen molar-refractivity contribution in [1.82, 2.24) is 24.5 Å². The lowest BCUT2D eigenvalue weighted by molar-refractivity contribution is 0.248. The van der Waals surface area contributed by atoms with Crippen LogP contribution >= 0.6 is 0 Å². The fraction of sp³-hybridized carbons (Fsp3) is 0.179. The number of rotatable bonds is 6. The predicted octanol–water partition coefficient (Wildman–Crippen LogP) is 4.91. The largest absolute Gasteiger partial charge is 0.457 e. The summed E-state index contributed by atoms with van der Waals surface area (Å²) in [4.78, 5) is 14.0. The number of fused-ring (bicyclic) bond motifs is 1. The summed E-state index contributed by atoms with van der Waals surface area (Å²) in [7, 11) is 0. The Morgan fingerprint density at radius 3 is 2.34 bits per heavy atom. The molecule has 4 heterocycles. The molecule has 7 nitrogen and oxygen atoms in total. The highest BCUT2D eigenvalue weighted by molar-refractivity contribution is 5.67. The zero-order valence-electron chi connectivity index (χ0n) is 19.4. The van der Waals surface area contributed by atoms with Gasteiger partial charge in [0.2, 0.25) is 0 Å². The molecule has 3 aromatic heterocycles. The van der Waals surface area contributed by atoms with Crippen molar-refractivity contribution >= 4 is 11.5 Å². The summed E-state index contributed by atoms with van der Waals surface area (Å²) in [6.07, 6.45) is 5.58. The Morgan fingerprint density at radius 1 is 0.771 bits per heavy atom. The highest BCUT2D eigenvalue weighted by Crippen LogP contribution is 2.28. The molecule has 0 amide bonds. The molecule has 6 rings (SSSR count). The Bertz CT molecular complexity index is 1390. The minimum absolute atomic E-state index is 0.801. The summed E-state index contributed by atoms with van der Waals surface area (Å²) < 4.78 is 7.88. The topological polar surface area (TPSA) is 58.8 Å². The number of pyridine rings is 1. The Kier molecular flexibility index (Phi) is 5.82. The lowest BCUT2D eigenvalue weighted by atomic mass is 10.1. The summed E-state index contributed by atoms with van der Waals surface area (Å²) in [5.41, 5.74) is 4.07. The third-order valence-corrected chi connectivity index (χ3v) is 6.29. The van der Waals surface area contributed by atoms with Crippen LogP contribution in [0, 0.1) is 0 Å². The number of nitrogens with zero attached hydrogens (tertiary/aromatic N) is 6. The molecule has 7 heteroatoms. The average Bonchev–Trinajstić information content (AvgIpc) is 3.39. The maximum atomic E-state index is 5.95. The third kappa shape index (κ3) is 4.72. The smallest absolute Gasteiger partial charge is 0.157 e. The lowest BCUT2D eigenvalue weighted by Crippen LogP contribution is -2.46. The fourth-order valence-electron chi connectivity index (χ4n) is 4.47. The molecule has 1 fully saturated rings. The van der Waals surface area contributed by atoms with Crippen molar-refractivity contribution in [2.24, 2.45) is 0 Å². The molecule has 174 valence electrons. The monoisotopic (exact) mass is 462 g/mol. The second kappa shape index (κ2) is 9.56. The van der Waals surface area contributed by atoms with Crippen LogP contribution in [0.1, 0.15) is 5.56 Å². The predicted molar refractivity (Wildman–Crippen MR) is 137 cm³/mol. The highest BCUT2D eigenvalue weighted by atomic mass is 16.5. The Hall–Kier alpha value is -4.23. The van der Waals surface area contributed by atoms with Gasteiger partial charge in [-0.2, -0.15) is 9.61 Å². The molecular weight excluding hydrogens is 436 g/mol. The highest BCUT2D eigenvalue weighted by Gasteiger charge is 2.21. The van der Waals surface area contributed by atoms with Crippen molar-refractivity contribution in [2.45, 2.75) is 6.54 Å². The van der Waals surface area contributed by atoms with Crippen LogP contribution in [0.5, 0.6) is 11.5 Å². The quantitative estimate of drug-likeness (QED) is 0.358. The molecular formula is C28H26N6O. The van der Waals surface area contributed by atoms with Gasteiger partial charge in [0, 0.05) is 62.8 Å². The molecule has 1 aliphatic rings. The van der Waals surface area contributed by atoms with Gasteiger partial charge in [0.05, 0.1) is 11.9 Å². The zero-order chi connectivity index (χ0) is 23.5. The van der Waals surface area contributed by atoms with E-state index in [1.54, 1.807) is 0 Å². The molecule has 35 heavy (non-hydrogen) atoms. The first-order chi connectivity index (χ1) is 17.3. The first-order valence-electron chi connectivity index (χ1n) is 11.9. The fourth-order valence-corrected chi connectivity index (χ4v) is 4.47. The van der Waals surface area contributed by atoms with Gasteiger partial charge in [-0.1, -0.05) is 24.3 Å². The minimum Gasteiger partial charge on any atom is -0.457 e. The molecule has 5 aromatic rings. The number of benzene rings is 2. The van der Waals surface area contributed by atoms with Crippen LogP contribution in [-0.2, 0) is 6.54 Å². The van der Waals surface area contributed by atoms with Crippen LogP contribution in [0.4, 0.5) is 5.82 Å². The van der Waals surface area contributed by atoms with Gasteiger partial charge in [0.15, 0.2) is 5.65 Å². The molecule has 1 aliphatic heterocycles. The molecule has 0 spiro atoms. The lowest BCUT2D eigenvalue weighted by Gasteiger charge is -2.36. The van der Waals surface area contributed by atoms with Crippen LogP contribution in [0.25, 0.3) is 16.9 Å². The third-order valence-electron chi connectivity index (χ3n) is 6.29. The van der Waals surface area contributed by atoms with E-state index in [0.29, 0.717) is 0 Å². The number of anilines is 1. The number of hydrogen-bond donors (Lipinski definition) is 0. The van der Waals surface area contributed by atoms with E-state index in [9.17, 15) is 0 Å². The molecule has 1 saturated heterocycles. The van der Waals surface area contributed by atoms with Crippen molar-refractivity contribution in [3.63, 3.8) is 0 Å². The van der Waals surface area contributed by atoms with Crippen molar-refractivity contribution in [3.05, 3.63) is 103 Å². The first kappa shape index (κ1) is 21.3. The minimum atomic E-state index is 0.801. The van der Waals surface area contributed by atoms with Crippen molar-refractivity contribution < 1.29 is 4.74 Å². The molecule has 2 aromatic carbocycles. The van der Waals surface area contributed by atoms with Crippen LogP contribution in [0.3, 0.4) is 0 Å². The van der Waals surface area contributed by atoms with Crippen LogP contribution in [-0.4, -0.2) is 50.7 Å². The van der Waals surface area contributed by atoms with Crippen molar-refractivity contribution in [3.8, 4) is 22.8 Å². The summed E-state index contributed by atoms with van der Waals surface area (Å²) in [5, 5.41) is 4.55. The van der Waals surface area contributed by atoms with E-state index < -0.39 is 0 Å². The average molecular weight is 463 g/mol. The Labute approximate surface area is 204 Å². The Balaban J connectivity index is 1.21. The molecule has 0 atom stereocenters. The number of hydrogen-bond acceptors (Lipinski definition) is 6. The van der Waals surface area contributed by atoms with E-state index in [-0.39, 0.29) is 0 Å². The van der Waals surface area contributed by atoms with Crippen LogP contribution in [0.2, 0.25) is 0 Å². The van der Waals surface area contributed by atoms with Gasteiger partial charge in [0.25, 0.3) is 0 Å². The van der Waals surface area contributed by atoms with E-state index in [2.05, 4.69) is 44.1 Å². The maximum absolute atomic E-state index is 5.95. The van der Waals surface area contributed by atoms with Crippen molar-refractivity contribution in [2.75, 3.05) is 31.1 Å². The van der Waals surface area contributed by atoms with Gasteiger partial charge in [-0.25, -0.2) is 4.98 Å². The van der Waals surface area contributed by atoms with E-state index in [0.717, 1.165) is 66.9 Å². The van der Waals surface area contributed by atoms with Crippen LogP contribution in [0.15, 0.2) is 97.5 Å². The number of para-hydroxylation sites is 1. The van der Waals surface area contributed by atoms with E-state index >= 15 is 0 Å². The van der Waals surface area contributed by atoms with Gasteiger partial charge in [0.1, 0.15) is 17.3 Å². The zero-order valence-corrected chi connectivity index (χ0v) is 19.4. The summed E-state index contributed by atoms with van der Waals surface area (Å²) in [6, 6.07) is 26.1. The molecule has 0 radical (unpaired) electrons. The number of piperazine rings is 1.